The molecular weight excluding hydrogens is 184 g/mol. The molecule has 1 aromatic rings. The molecule has 1 aliphatic heterocycles. The van der Waals surface area contributed by atoms with E-state index in [0.29, 0.717) is 0 Å². The van der Waals surface area contributed by atoms with E-state index in [1.807, 2.05) is 0 Å². The highest BCUT2D eigenvalue weighted by molar-refractivity contribution is 5.30. The molecule has 2 rings (SSSR count). The Morgan fingerprint density at radius 3 is 2.47 bits per heavy atom. The number of fused-ring (bicyclic) bond motifs is 1. The monoisotopic (exact) mass is 204 g/mol. The molecule has 15 heavy (non-hydrogen) atoms. The van der Waals surface area contributed by atoms with E-state index in [2.05, 4.69) is 41.4 Å². The van der Waals surface area contributed by atoms with Gasteiger partial charge in [0.1, 0.15) is 0 Å². The van der Waals surface area contributed by atoms with Gasteiger partial charge in [-0.25, -0.2) is 0 Å². The second kappa shape index (κ2) is 5.29. The number of benzene rings is 1. The predicted molar refractivity (Wildman–Crippen MR) is 63.7 cm³/mol. The fraction of sp³-hybridized carbons (Fsp3) is 0.538. The zero-order valence-electron chi connectivity index (χ0n) is 9.50. The molecule has 0 fully saturated rings. The van der Waals surface area contributed by atoms with Crippen molar-refractivity contribution >= 4 is 0 Å². The summed E-state index contributed by atoms with van der Waals surface area (Å²) in [5.74, 6) is 0. The molecule has 0 atom stereocenters. The lowest BCUT2D eigenvalue weighted by atomic mass is 10.1. The highest BCUT2D eigenvalue weighted by atomic mass is 15.1. The van der Waals surface area contributed by atoms with Crippen molar-refractivity contribution in [2.24, 2.45) is 0 Å². The third-order valence-corrected chi connectivity index (χ3v) is 2.98. The van der Waals surface area contributed by atoms with E-state index in [9.17, 15) is 0 Å². The van der Waals surface area contributed by atoms with Crippen molar-refractivity contribution in [2.45, 2.75) is 26.4 Å². The second-order valence-electron chi connectivity index (χ2n) is 4.19. The lowest BCUT2D eigenvalue weighted by Gasteiger charge is -2.14. The quantitative estimate of drug-likeness (QED) is 0.738. The SMILES string of the molecule is CCNCCCN1Cc2ccccc2C1. The number of nitrogens with one attached hydrogen (secondary N) is 1. The third-order valence-electron chi connectivity index (χ3n) is 2.98. The minimum Gasteiger partial charge on any atom is -0.317 e. The summed E-state index contributed by atoms with van der Waals surface area (Å²) in [6.07, 6.45) is 1.25. The van der Waals surface area contributed by atoms with Crippen LogP contribution >= 0.6 is 0 Å². The van der Waals surface area contributed by atoms with Gasteiger partial charge in [0.05, 0.1) is 0 Å². The first-order valence-electron chi connectivity index (χ1n) is 5.90. The van der Waals surface area contributed by atoms with Crippen LogP contribution in [-0.4, -0.2) is 24.5 Å². The topological polar surface area (TPSA) is 15.3 Å². The Kier molecular flexibility index (Phi) is 3.75. The van der Waals surface area contributed by atoms with Crippen LogP contribution in [0.25, 0.3) is 0 Å². The predicted octanol–water partition coefficient (Wildman–Crippen LogP) is 2.00. The maximum absolute atomic E-state index is 3.37. The van der Waals surface area contributed by atoms with E-state index in [4.69, 9.17) is 0 Å². The zero-order chi connectivity index (χ0) is 10.5. The van der Waals surface area contributed by atoms with Gasteiger partial charge < -0.3 is 5.32 Å². The molecule has 1 heterocycles. The summed E-state index contributed by atoms with van der Waals surface area (Å²) in [5, 5.41) is 3.37. The van der Waals surface area contributed by atoms with Gasteiger partial charge in [0.25, 0.3) is 0 Å². The summed E-state index contributed by atoms with van der Waals surface area (Å²) in [4.78, 5) is 2.53. The Morgan fingerprint density at radius 1 is 1.20 bits per heavy atom. The highest BCUT2D eigenvalue weighted by Gasteiger charge is 2.16. The summed E-state index contributed by atoms with van der Waals surface area (Å²) in [6.45, 7) is 7.88. The van der Waals surface area contributed by atoms with Crippen molar-refractivity contribution in [3.05, 3.63) is 35.4 Å². The largest absolute Gasteiger partial charge is 0.317 e. The average molecular weight is 204 g/mol. The first-order chi connectivity index (χ1) is 7.40. The Hall–Kier alpha value is -0.860. The first kappa shape index (κ1) is 10.7. The van der Waals surface area contributed by atoms with Gasteiger partial charge in [-0.15, -0.1) is 0 Å². The van der Waals surface area contributed by atoms with Crippen molar-refractivity contribution < 1.29 is 0 Å². The van der Waals surface area contributed by atoms with Crippen molar-refractivity contribution in [1.82, 2.24) is 10.2 Å². The van der Waals surface area contributed by atoms with Crippen LogP contribution in [0.1, 0.15) is 24.5 Å². The molecule has 0 saturated heterocycles. The first-order valence-corrected chi connectivity index (χ1v) is 5.90. The minimum absolute atomic E-state index is 1.08. The van der Waals surface area contributed by atoms with E-state index < -0.39 is 0 Å². The summed E-state index contributed by atoms with van der Waals surface area (Å²) in [6, 6.07) is 8.78. The molecule has 0 radical (unpaired) electrons. The van der Waals surface area contributed by atoms with Crippen LogP contribution in [0.3, 0.4) is 0 Å². The van der Waals surface area contributed by atoms with Gasteiger partial charge in [0, 0.05) is 19.6 Å². The molecule has 2 heteroatoms. The molecule has 0 amide bonds. The van der Waals surface area contributed by atoms with Crippen LogP contribution in [0.15, 0.2) is 24.3 Å². The Balaban J connectivity index is 1.76. The van der Waals surface area contributed by atoms with Crippen LogP contribution in [0.4, 0.5) is 0 Å². The van der Waals surface area contributed by atoms with E-state index in [1.165, 1.54) is 24.1 Å². The molecule has 0 spiro atoms. The molecule has 0 saturated carbocycles. The molecule has 0 bridgehead atoms. The molecule has 0 aliphatic carbocycles. The van der Waals surface area contributed by atoms with Crippen LogP contribution in [0, 0.1) is 0 Å². The van der Waals surface area contributed by atoms with Crippen LogP contribution in [-0.2, 0) is 13.1 Å². The number of hydrogen-bond donors (Lipinski definition) is 1. The van der Waals surface area contributed by atoms with Gasteiger partial charge in [-0.1, -0.05) is 31.2 Å². The molecule has 1 N–H and O–H groups in total. The van der Waals surface area contributed by atoms with Crippen LogP contribution in [0.5, 0.6) is 0 Å². The van der Waals surface area contributed by atoms with Crippen LogP contribution < -0.4 is 5.32 Å². The smallest absolute Gasteiger partial charge is 0.0240 e. The summed E-state index contributed by atoms with van der Waals surface area (Å²) in [5.41, 5.74) is 3.03. The Labute approximate surface area is 92.3 Å². The number of nitrogens with zero attached hydrogens (tertiary/aromatic N) is 1. The van der Waals surface area contributed by atoms with E-state index in [0.717, 1.165) is 26.2 Å². The van der Waals surface area contributed by atoms with E-state index in [1.54, 1.807) is 0 Å². The van der Waals surface area contributed by atoms with E-state index in [-0.39, 0.29) is 0 Å². The third kappa shape index (κ3) is 2.80. The fourth-order valence-corrected chi connectivity index (χ4v) is 2.17. The molecule has 82 valence electrons. The molecule has 0 aromatic heterocycles. The lowest BCUT2D eigenvalue weighted by Crippen LogP contribution is -2.23. The Morgan fingerprint density at radius 2 is 1.87 bits per heavy atom. The van der Waals surface area contributed by atoms with Crippen molar-refractivity contribution in [1.29, 1.82) is 0 Å². The molecule has 2 nitrogen and oxygen atoms in total. The van der Waals surface area contributed by atoms with Crippen molar-refractivity contribution in [3.8, 4) is 0 Å². The Bertz CT molecular complexity index is 284. The van der Waals surface area contributed by atoms with E-state index >= 15 is 0 Å². The maximum atomic E-state index is 3.37. The molecule has 1 aromatic carbocycles. The zero-order valence-corrected chi connectivity index (χ0v) is 9.50. The molecular formula is C13H20N2. The van der Waals surface area contributed by atoms with Crippen molar-refractivity contribution in [3.63, 3.8) is 0 Å². The lowest BCUT2D eigenvalue weighted by molar-refractivity contribution is 0.279. The number of rotatable bonds is 5. The van der Waals surface area contributed by atoms with Gasteiger partial charge in [-0.3, -0.25) is 4.90 Å². The fourth-order valence-electron chi connectivity index (χ4n) is 2.17. The van der Waals surface area contributed by atoms with Crippen molar-refractivity contribution in [2.75, 3.05) is 19.6 Å². The van der Waals surface area contributed by atoms with Gasteiger partial charge in [0.15, 0.2) is 0 Å². The summed E-state index contributed by atoms with van der Waals surface area (Å²) >= 11 is 0. The standard InChI is InChI=1S/C13H20N2/c1-2-14-8-5-9-15-10-12-6-3-4-7-13(12)11-15/h3-4,6-7,14H,2,5,8-11H2,1H3. The van der Waals surface area contributed by atoms with Gasteiger partial charge in [-0.2, -0.15) is 0 Å². The van der Waals surface area contributed by atoms with Crippen LogP contribution in [0.2, 0.25) is 0 Å². The van der Waals surface area contributed by atoms with Gasteiger partial charge >= 0.3 is 0 Å². The average Bonchev–Trinajstić information content (AvgIpc) is 2.67. The summed E-state index contributed by atoms with van der Waals surface area (Å²) in [7, 11) is 0. The second-order valence-corrected chi connectivity index (χ2v) is 4.19. The maximum Gasteiger partial charge on any atom is 0.0240 e. The summed E-state index contributed by atoms with van der Waals surface area (Å²) < 4.78 is 0. The minimum atomic E-state index is 1.08. The van der Waals surface area contributed by atoms with Gasteiger partial charge in [0.2, 0.25) is 0 Å². The number of hydrogen-bond acceptors (Lipinski definition) is 2. The normalized spacial score (nSPS) is 15.5. The molecule has 0 unspecified atom stereocenters. The molecule has 1 aliphatic rings. The van der Waals surface area contributed by atoms with Gasteiger partial charge in [-0.05, 0) is 30.6 Å². The highest BCUT2D eigenvalue weighted by Crippen LogP contribution is 2.21.